The first kappa shape index (κ1) is 18.1. The third-order valence-corrected chi connectivity index (χ3v) is 3.92. The summed E-state index contributed by atoms with van der Waals surface area (Å²) in [5.41, 5.74) is 1.76. The molecule has 0 spiro atoms. The highest BCUT2D eigenvalue weighted by Crippen LogP contribution is 2.27. The largest absolute Gasteiger partial charge is 0.573 e. The first-order chi connectivity index (χ1) is 13.3. The molecule has 0 bridgehead atoms. The normalized spacial score (nSPS) is 11.8. The Morgan fingerprint density at radius 2 is 2.04 bits per heavy atom. The minimum Gasteiger partial charge on any atom is -0.406 e. The maximum Gasteiger partial charge on any atom is 0.573 e. The lowest BCUT2D eigenvalue weighted by molar-refractivity contribution is -0.274. The number of aryl methyl sites for hydroxylation is 1. The number of aromatic nitrogens is 5. The molecule has 0 saturated heterocycles. The van der Waals surface area contributed by atoms with E-state index in [1.807, 2.05) is 0 Å². The van der Waals surface area contributed by atoms with E-state index in [0.29, 0.717) is 28.4 Å². The van der Waals surface area contributed by atoms with Crippen molar-refractivity contribution in [2.45, 2.75) is 13.3 Å². The summed E-state index contributed by atoms with van der Waals surface area (Å²) >= 11 is 5.92. The summed E-state index contributed by atoms with van der Waals surface area (Å²) in [6, 6.07) is 7.88. The van der Waals surface area contributed by atoms with E-state index in [1.165, 1.54) is 18.5 Å². The molecule has 0 fully saturated rings. The zero-order valence-corrected chi connectivity index (χ0v) is 15.0. The third kappa shape index (κ3) is 3.86. The van der Waals surface area contributed by atoms with Crippen molar-refractivity contribution in [1.29, 1.82) is 0 Å². The smallest absolute Gasteiger partial charge is 0.406 e. The summed E-state index contributed by atoms with van der Waals surface area (Å²) in [7, 11) is 0. The van der Waals surface area contributed by atoms with Gasteiger partial charge in [0.25, 0.3) is 0 Å². The zero-order chi connectivity index (χ0) is 19.9. The van der Waals surface area contributed by atoms with Gasteiger partial charge in [-0.1, -0.05) is 0 Å². The van der Waals surface area contributed by atoms with Crippen LogP contribution in [-0.4, -0.2) is 30.5 Å². The van der Waals surface area contributed by atoms with E-state index in [-0.39, 0.29) is 11.0 Å². The minimum absolute atomic E-state index is 0.0539. The van der Waals surface area contributed by atoms with Crippen molar-refractivity contribution in [1.82, 2.24) is 24.1 Å². The van der Waals surface area contributed by atoms with Gasteiger partial charge in [-0.25, -0.2) is 9.50 Å². The molecule has 3 heterocycles. The van der Waals surface area contributed by atoms with Crippen LogP contribution in [0.1, 0.15) is 5.56 Å². The monoisotopic (exact) mass is 408 g/mol. The zero-order valence-electron chi connectivity index (χ0n) is 14.3. The molecule has 0 aliphatic carbocycles. The third-order valence-electron chi connectivity index (χ3n) is 3.76. The van der Waals surface area contributed by atoms with Gasteiger partial charge in [0.2, 0.25) is 5.28 Å². The maximum absolute atomic E-state index is 12.5. The molecule has 0 unspecified atom stereocenters. The lowest BCUT2D eigenvalue weighted by Crippen LogP contribution is -2.17. The van der Waals surface area contributed by atoms with Gasteiger partial charge in [-0.3, -0.25) is 0 Å². The summed E-state index contributed by atoms with van der Waals surface area (Å²) in [5.74, 6) is 0.571. The van der Waals surface area contributed by atoms with Crippen LogP contribution in [0.4, 0.5) is 24.8 Å². The molecule has 4 rings (SSSR count). The number of nitrogens with one attached hydrogen (secondary N) is 1. The van der Waals surface area contributed by atoms with Crippen LogP contribution in [0.15, 0.2) is 49.1 Å². The first-order valence-corrected chi connectivity index (χ1v) is 8.34. The molecule has 0 aliphatic rings. The van der Waals surface area contributed by atoms with E-state index in [9.17, 15) is 13.2 Å². The maximum atomic E-state index is 12.5. The molecule has 1 aromatic carbocycles. The van der Waals surface area contributed by atoms with Gasteiger partial charge in [0, 0.05) is 12.3 Å². The van der Waals surface area contributed by atoms with Crippen LogP contribution in [0.2, 0.25) is 5.28 Å². The van der Waals surface area contributed by atoms with Crippen LogP contribution >= 0.6 is 11.6 Å². The van der Waals surface area contributed by atoms with Crippen molar-refractivity contribution in [3.8, 4) is 11.4 Å². The van der Waals surface area contributed by atoms with E-state index in [2.05, 4.69) is 25.1 Å². The number of alkyl halides is 3. The Balaban J connectivity index is 1.63. The average Bonchev–Trinajstić information content (AvgIpc) is 3.21. The number of hydrogen-bond donors (Lipinski definition) is 1. The Morgan fingerprint density at radius 1 is 1.21 bits per heavy atom. The SMILES string of the molecule is Cc1cc(OC(F)(F)F)cc(-n2cnc(Nc3nc(Cl)nn4cccc34)c2)c1. The highest BCUT2D eigenvalue weighted by Gasteiger charge is 2.31. The van der Waals surface area contributed by atoms with Gasteiger partial charge in [0.1, 0.15) is 23.4 Å². The Labute approximate surface area is 161 Å². The molecule has 7 nitrogen and oxygen atoms in total. The second-order valence-electron chi connectivity index (χ2n) is 5.91. The molecule has 28 heavy (non-hydrogen) atoms. The fourth-order valence-electron chi connectivity index (χ4n) is 2.72. The lowest BCUT2D eigenvalue weighted by Gasteiger charge is -2.11. The van der Waals surface area contributed by atoms with Gasteiger partial charge in [0.05, 0.1) is 11.9 Å². The minimum atomic E-state index is -4.76. The number of ether oxygens (including phenoxy) is 1. The van der Waals surface area contributed by atoms with Crippen molar-refractivity contribution in [2.24, 2.45) is 0 Å². The summed E-state index contributed by atoms with van der Waals surface area (Å²) in [6.07, 6.45) is 0.0391. The van der Waals surface area contributed by atoms with Gasteiger partial charge in [-0.05, 0) is 48.4 Å². The van der Waals surface area contributed by atoms with Crippen LogP contribution in [0, 0.1) is 6.92 Å². The quantitative estimate of drug-likeness (QED) is 0.537. The van der Waals surface area contributed by atoms with Gasteiger partial charge < -0.3 is 14.6 Å². The molecule has 0 atom stereocenters. The van der Waals surface area contributed by atoms with Crippen molar-refractivity contribution in [3.05, 3.63) is 59.9 Å². The predicted molar refractivity (Wildman–Crippen MR) is 96.3 cm³/mol. The summed E-state index contributed by atoms with van der Waals surface area (Å²) in [4.78, 5) is 8.37. The number of nitrogens with zero attached hydrogens (tertiary/aromatic N) is 5. The molecule has 0 amide bonds. The molecule has 3 aromatic heterocycles. The van der Waals surface area contributed by atoms with Crippen LogP contribution in [0.5, 0.6) is 5.75 Å². The second-order valence-corrected chi connectivity index (χ2v) is 6.25. The number of benzene rings is 1. The lowest BCUT2D eigenvalue weighted by atomic mass is 10.2. The number of imidazole rings is 1. The summed E-state index contributed by atoms with van der Waals surface area (Å²) in [6.45, 7) is 1.68. The molecular formula is C17H12ClF3N6O. The number of halogens is 4. The first-order valence-electron chi connectivity index (χ1n) is 7.96. The van der Waals surface area contributed by atoms with Gasteiger partial charge >= 0.3 is 6.36 Å². The van der Waals surface area contributed by atoms with Crippen LogP contribution < -0.4 is 10.1 Å². The Morgan fingerprint density at radius 3 is 2.82 bits per heavy atom. The number of fused-ring (bicyclic) bond motifs is 1. The Hall–Kier alpha value is -3.27. The predicted octanol–water partition coefficient (Wildman–Crippen LogP) is 4.52. The van der Waals surface area contributed by atoms with Crippen molar-refractivity contribution < 1.29 is 17.9 Å². The summed E-state index contributed by atoms with van der Waals surface area (Å²) in [5, 5.41) is 7.12. The average molecular weight is 409 g/mol. The number of anilines is 2. The van der Waals surface area contributed by atoms with Gasteiger partial charge in [0.15, 0.2) is 5.82 Å². The van der Waals surface area contributed by atoms with E-state index in [1.54, 1.807) is 46.6 Å². The van der Waals surface area contributed by atoms with E-state index >= 15 is 0 Å². The van der Waals surface area contributed by atoms with Crippen molar-refractivity contribution in [2.75, 3.05) is 5.32 Å². The molecule has 0 saturated carbocycles. The molecule has 4 aromatic rings. The molecule has 0 radical (unpaired) electrons. The van der Waals surface area contributed by atoms with Crippen LogP contribution in [-0.2, 0) is 0 Å². The van der Waals surface area contributed by atoms with Gasteiger partial charge in [-0.2, -0.15) is 4.98 Å². The van der Waals surface area contributed by atoms with Crippen LogP contribution in [0.25, 0.3) is 11.2 Å². The molecule has 11 heteroatoms. The standard InChI is InChI=1S/C17H12ClF3N6O/c1-10-5-11(7-12(6-10)28-17(19,20)21)26-8-14(22-9-26)23-15-13-3-2-4-27(13)25-16(18)24-15/h2-9H,1H3,(H,23,24,25). The number of rotatable bonds is 4. The summed E-state index contributed by atoms with van der Waals surface area (Å²) < 4.78 is 44.7. The van der Waals surface area contributed by atoms with Crippen molar-refractivity contribution in [3.63, 3.8) is 0 Å². The Bertz CT molecular complexity index is 1150. The fraction of sp³-hybridized carbons (Fsp3) is 0.118. The molecule has 1 N–H and O–H groups in total. The number of hydrogen-bond acceptors (Lipinski definition) is 5. The van der Waals surface area contributed by atoms with E-state index in [4.69, 9.17) is 11.6 Å². The van der Waals surface area contributed by atoms with E-state index in [0.717, 1.165) is 0 Å². The Kier molecular flexibility index (Phi) is 4.34. The van der Waals surface area contributed by atoms with Crippen molar-refractivity contribution >= 4 is 28.8 Å². The topological polar surface area (TPSA) is 69.3 Å². The highest BCUT2D eigenvalue weighted by atomic mass is 35.5. The van der Waals surface area contributed by atoms with Gasteiger partial charge in [-0.15, -0.1) is 18.3 Å². The highest BCUT2D eigenvalue weighted by molar-refractivity contribution is 6.28. The molecular weight excluding hydrogens is 397 g/mol. The van der Waals surface area contributed by atoms with Crippen LogP contribution in [0.3, 0.4) is 0 Å². The van der Waals surface area contributed by atoms with E-state index < -0.39 is 6.36 Å². The molecule has 0 aliphatic heterocycles. The molecule has 144 valence electrons. The fourth-order valence-corrected chi connectivity index (χ4v) is 2.89. The second kappa shape index (κ2) is 6.71.